The second kappa shape index (κ2) is 7.65. The van der Waals surface area contributed by atoms with Crippen LogP contribution in [0.2, 0.25) is 10.0 Å². The lowest BCUT2D eigenvalue weighted by Gasteiger charge is -2.34. The Hall–Kier alpha value is -0.280. The van der Waals surface area contributed by atoms with Crippen LogP contribution >= 0.6 is 23.2 Å². The van der Waals surface area contributed by atoms with Crippen LogP contribution in [0, 0.1) is 0 Å². The van der Waals surface area contributed by atoms with E-state index in [1.54, 1.807) is 0 Å². The Labute approximate surface area is 132 Å². The Morgan fingerprint density at radius 1 is 1.35 bits per heavy atom. The van der Waals surface area contributed by atoms with Gasteiger partial charge in [0.05, 0.1) is 0 Å². The fourth-order valence-electron chi connectivity index (χ4n) is 2.94. The highest BCUT2D eigenvalue weighted by molar-refractivity contribution is 6.35. The van der Waals surface area contributed by atoms with Crippen molar-refractivity contribution in [1.82, 2.24) is 10.2 Å². The highest BCUT2D eigenvalue weighted by Crippen LogP contribution is 2.28. The van der Waals surface area contributed by atoms with E-state index in [2.05, 4.69) is 24.2 Å². The maximum Gasteiger partial charge on any atom is 0.0468 e. The van der Waals surface area contributed by atoms with E-state index in [1.807, 2.05) is 18.2 Å². The molecule has 0 bridgehead atoms. The Balaban J connectivity index is 1.98. The SMILES string of the molecule is CCC(NCC1CCCCN1C)c1ccc(Cl)cc1Cl. The van der Waals surface area contributed by atoms with Gasteiger partial charge in [-0.3, -0.25) is 0 Å². The van der Waals surface area contributed by atoms with Gasteiger partial charge in [0.25, 0.3) is 0 Å². The Morgan fingerprint density at radius 3 is 2.80 bits per heavy atom. The first-order valence-electron chi connectivity index (χ1n) is 7.50. The second-order valence-electron chi connectivity index (χ2n) is 5.67. The van der Waals surface area contributed by atoms with E-state index in [9.17, 15) is 0 Å². The molecule has 1 aromatic rings. The van der Waals surface area contributed by atoms with Crippen molar-refractivity contribution < 1.29 is 0 Å². The third-order valence-corrected chi connectivity index (χ3v) is 4.83. The summed E-state index contributed by atoms with van der Waals surface area (Å²) in [4.78, 5) is 2.46. The summed E-state index contributed by atoms with van der Waals surface area (Å²) < 4.78 is 0. The highest BCUT2D eigenvalue weighted by Gasteiger charge is 2.20. The fourth-order valence-corrected chi connectivity index (χ4v) is 3.48. The summed E-state index contributed by atoms with van der Waals surface area (Å²) >= 11 is 12.3. The van der Waals surface area contributed by atoms with Crippen LogP contribution in [0.5, 0.6) is 0 Å². The lowest BCUT2D eigenvalue weighted by molar-refractivity contribution is 0.177. The third kappa shape index (κ3) is 4.11. The first-order chi connectivity index (χ1) is 9.61. The van der Waals surface area contributed by atoms with Gasteiger partial charge in [0.15, 0.2) is 0 Å². The lowest BCUT2D eigenvalue weighted by atomic mass is 10.0. The lowest BCUT2D eigenvalue weighted by Crippen LogP contribution is -2.43. The summed E-state index contributed by atoms with van der Waals surface area (Å²) in [6, 6.07) is 6.73. The highest BCUT2D eigenvalue weighted by atomic mass is 35.5. The summed E-state index contributed by atoms with van der Waals surface area (Å²) in [5, 5.41) is 5.13. The topological polar surface area (TPSA) is 15.3 Å². The second-order valence-corrected chi connectivity index (χ2v) is 6.51. The normalized spacial score (nSPS) is 21.9. The average molecular weight is 315 g/mol. The molecule has 20 heavy (non-hydrogen) atoms. The number of likely N-dealkylation sites (N-methyl/N-ethyl adjacent to an activating group) is 1. The van der Waals surface area contributed by atoms with Crippen molar-refractivity contribution in [3.05, 3.63) is 33.8 Å². The van der Waals surface area contributed by atoms with Crippen LogP contribution < -0.4 is 5.32 Å². The summed E-state index contributed by atoms with van der Waals surface area (Å²) in [6.07, 6.45) is 4.98. The molecule has 2 rings (SSSR count). The van der Waals surface area contributed by atoms with Crippen molar-refractivity contribution in [1.29, 1.82) is 0 Å². The van der Waals surface area contributed by atoms with Crippen LogP contribution in [0.1, 0.15) is 44.2 Å². The molecule has 1 aliphatic heterocycles. The molecule has 2 unspecified atom stereocenters. The van der Waals surface area contributed by atoms with Crippen LogP contribution in [0.25, 0.3) is 0 Å². The molecule has 1 saturated heterocycles. The molecule has 4 heteroatoms. The van der Waals surface area contributed by atoms with E-state index in [0.717, 1.165) is 23.6 Å². The zero-order valence-electron chi connectivity index (χ0n) is 12.3. The standard InChI is InChI=1S/C16H24Cl2N2/c1-3-16(14-8-7-12(17)10-15(14)18)19-11-13-6-4-5-9-20(13)2/h7-8,10,13,16,19H,3-6,9,11H2,1-2H3. The number of rotatable bonds is 5. The summed E-state index contributed by atoms with van der Waals surface area (Å²) in [5.41, 5.74) is 1.15. The van der Waals surface area contributed by atoms with Crippen molar-refractivity contribution in [3.63, 3.8) is 0 Å². The van der Waals surface area contributed by atoms with E-state index >= 15 is 0 Å². The minimum atomic E-state index is 0.301. The molecular formula is C16H24Cl2N2. The predicted octanol–water partition coefficient (Wildman–Crippen LogP) is 4.52. The number of halogens is 2. The van der Waals surface area contributed by atoms with Crippen LogP contribution in [0.4, 0.5) is 0 Å². The molecule has 0 spiro atoms. The largest absolute Gasteiger partial charge is 0.308 e. The number of nitrogens with zero attached hydrogens (tertiary/aromatic N) is 1. The molecule has 0 radical (unpaired) electrons. The molecule has 1 aromatic carbocycles. The van der Waals surface area contributed by atoms with E-state index < -0.39 is 0 Å². The Kier molecular flexibility index (Phi) is 6.16. The predicted molar refractivity (Wildman–Crippen MR) is 87.8 cm³/mol. The molecule has 0 amide bonds. The number of benzene rings is 1. The summed E-state index contributed by atoms with van der Waals surface area (Å²) in [6.45, 7) is 4.42. The Bertz CT molecular complexity index is 436. The smallest absolute Gasteiger partial charge is 0.0468 e. The Morgan fingerprint density at radius 2 is 2.15 bits per heavy atom. The van der Waals surface area contributed by atoms with Gasteiger partial charge in [0, 0.05) is 28.7 Å². The minimum Gasteiger partial charge on any atom is -0.308 e. The maximum absolute atomic E-state index is 6.32. The van der Waals surface area contributed by atoms with E-state index in [-0.39, 0.29) is 0 Å². The van der Waals surface area contributed by atoms with Crippen LogP contribution in [0.3, 0.4) is 0 Å². The first kappa shape index (κ1) is 16.1. The van der Waals surface area contributed by atoms with Gasteiger partial charge in [0.1, 0.15) is 0 Å². The molecule has 1 fully saturated rings. The monoisotopic (exact) mass is 314 g/mol. The van der Waals surface area contributed by atoms with Gasteiger partial charge in [0.2, 0.25) is 0 Å². The number of piperidine rings is 1. The maximum atomic E-state index is 6.32. The molecule has 2 atom stereocenters. The van der Waals surface area contributed by atoms with Crippen LogP contribution in [-0.2, 0) is 0 Å². The number of likely N-dealkylation sites (tertiary alicyclic amines) is 1. The van der Waals surface area contributed by atoms with Crippen LogP contribution in [0.15, 0.2) is 18.2 Å². The number of hydrogen-bond donors (Lipinski definition) is 1. The van der Waals surface area contributed by atoms with Gasteiger partial charge in [-0.1, -0.05) is 42.6 Å². The van der Waals surface area contributed by atoms with Crippen molar-refractivity contribution >= 4 is 23.2 Å². The van der Waals surface area contributed by atoms with Crippen molar-refractivity contribution in [2.45, 2.75) is 44.7 Å². The number of hydrogen-bond acceptors (Lipinski definition) is 2. The van der Waals surface area contributed by atoms with Gasteiger partial charge >= 0.3 is 0 Å². The molecule has 1 N–H and O–H groups in total. The van der Waals surface area contributed by atoms with E-state index in [1.165, 1.54) is 25.8 Å². The molecule has 112 valence electrons. The quantitative estimate of drug-likeness (QED) is 0.859. The van der Waals surface area contributed by atoms with E-state index in [4.69, 9.17) is 23.2 Å². The molecule has 1 heterocycles. The van der Waals surface area contributed by atoms with Gasteiger partial charge in [-0.05, 0) is 50.6 Å². The molecule has 2 nitrogen and oxygen atoms in total. The van der Waals surface area contributed by atoms with Crippen molar-refractivity contribution in [3.8, 4) is 0 Å². The van der Waals surface area contributed by atoms with Gasteiger partial charge in [-0.2, -0.15) is 0 Å². The molecule has 0 aliphatic carbocycles. The zero-order chi connectivity index (χ0) is 14.5. The van der Waals surface area contributed by atoms with Crippen LogP contribution in [-0.4, -0.2) is 31.1 Å². The molecule has 0 saturated carbocycles. The van der Waals surface area contributed by atoms with Gasteiger partial charge in [-0.15, -0.1) is 0 Å². The van der Waals surface area contributed by atoms with Gasteiger partial charge in [-0.25, -0.2) is 0 Å². The third-order valence-electron chi connectivity index (χ3n) is 4.27. The number of nitrogens with one attached hydrogen (secondary N) is 1. The summed E-state index contributed by atoms with van der Waals surface area (Å²) in [5.74, 6) is 0. The molecule has 0 aromatic heterocycles. The van der Waals surface area contributed by atoms with Crippen molar-refractivity contribution in [2.24, 2.45) is 0 Å². The zero-order valence-corrected chi connectivity index (χ0v) is 13.8. The van der Waals surface area contributed by atoms with Gasteiger partial charge < -0.3 is 10.2 Å². The first-order valence-corrected chi connectivity index (χ1v) is 8.26. The molecule has 1 aliphatic rings. The molecular weight excluding hydrogens is 291 g/mol. The van der Waals surface area contributed by atoms with E-state index in [0.29, 0.717) is 17.1 Å². The average Bonchev–Trinajstić information content (AvgIpc) is 2.43. The minimum absolute atomic E-state index is 0.301. The fraction of sp³-hybridized carbons (Fsp3) is 0.625. The van der Waals surface area contributed by atoms with Crippen molar-refractivity contribution in [2.75, 3.05) is 20.1 Å². The summed E-state index contributed by atoms with van der Waals surface area (Å²) in [7, 11) is 2.22.